The number of ether oxygens (including phenoxy) is 1. The topological polar surface area (TPSA) is 62.3 Å². The van der Waals surface area contributed by atoms with E-state index in [4.69, 9.17) is 9.57 Å². The lowest BCUT2D eigenvalue weighted by atomic mass is 10.1. The largest absolute Gasteiger partial charge is 0.444 e. The number of amides is 1. The van der Waals surface area contributed by atoms with Crippen LogP contribution in [0.4, 0.5) is 4.79 Å². The van der Waals surface area contributed by atoms with Gasteiger partial charge in [0.2, 0.25) is 0 Å². The quantitative estimate of drug-likeness (QED) is 0.789. The number of rotatable bonds is 4. The van der Waals surface area contributed by atoms with Crippen molar-refractivity contribution in [2.24, 2.45) is 5.92 Å². The third-order valence-corrected chi connectivity index (χ3v) is 5.01. The first-order valence-corrected chi connectivity index (χ1v) is 10.0. The van der Waals surface area contributed by atoms with E-state index in [0.717, 1.165) is 39.1 Å². The fourth-order valence-corrected chi connectivity index (χ4v) is 3.59. The molecule has 1 aromatic rings. The first kappa shape index (κ1) is 20.6. The summed E-state index contributed by atoms with van der Waals surface area (Å²) in [5.41, 5.74) is 0.112. The van der Waals surface area contributed by atoms with Crippen molar-refractivity contribution in [2.45, 2.75) is 32.8 Å². The van der Waals surface area contributed by atoms with Crippen LogP contribution in [0.5, 0.6) is 0 Å². The zero-order chi connectivity index (χ0) is 20.1. The summed E-state index contributed by atoms with van der Waals surface area (Å²) in [5, 5.41) is 1.74. The van der Waals surface area contributed by atoms with Crippen LogP contribution in [0.25, 0.3) is 0 Å². The minimum absolute atomic E-state index is 0.215. The molecular weight excluding hydrogens is 358 g/mol. The molecule has 2 aliphatic heterocycles. The number of hydrogen-bond acceptors (Lipinski definition) is 6. The second kappa shape index (κ2) is 8.92. The van der Waals surface area contributed by atoms with Gasteiger partial charge in [-0.1, -0.05) is 18.2 Å². The Hall–Kier alpha value is -2.12. The Labute approximate surface area is 167 Å². The fraction of sp³-hybridized carbons (Fsp3) is 0.619. The normalized spacial score (nSPS) is 21.5. The monoisotopic (exact) mass is 389 g/mol. The molecule has 0 aromatic heterocycles. The summed E-state index contributed by atoms with van der Waals surface area (Å²) in [7, 11) is 0. The van der Waals surface area contributed by atoms with Gasteiger partial charge in [-0.15, -0.1) is 5.06 Å². The summed E-state index contributed by atoms with van der Waals surface area (Å²) >= 11 is 0. The molecular formula is C21H31N3O4. The van der Waals surface area contributed by atoms with Gasteiger partial charge < -0.3 is 19.4 Å². The molecule has 0 spiro atoms. The van der Waals surface area contributed by atoms with Gasteiger partial charge in [-0.05, 0) is 45.2 Å². The van der Waals surface area contributed by atoms with Gasteiger partial charge in [0.1, 0.15) is 5.60 Å². The van der Waals surface area contributed by atoms with E-state index in [1.165, 1.54) is 0 Å². The highest BCUT2D eigenvalue weighted by molar-refractivity contribution is 5.89. The summed E-state index contributed by atoms with van der Waals surface area (Å²) in [6, 6.07) is 9.06. The third kappa shape index (κ3) is 5.94. The van der Waals surface area contributed by atoms with Gasteiger partial charge >= 0.3 is 12.1 Å². The van der Waals surface area contributed by atoms with Crippen molar-refractivity contribution in [3.05, 3.63) is 35.9 Å². The number of carbonyl (C=O) groups excluding carboxylic acids is 2. The zero-order valence-electron chi connectivity index (χ0n) is 17.1. The van der Waals surface area contributed by atoms with Gasteiger partial charge in [-0.2, -0.15) is 0 Å². The summed E-state index contributed by atoms with van der Waals surface area (Å²) in [6.07, 6.45) is 0.787. The van der Waals surface area contributed by atoms with Gasteiger partial charge in [0, 0.05) is 45.8 Å². The van der Waals surface area contributed by atoms with Crippen molar-refractivity contribution < 1.29 is 19.2 Å². The Morgan fingerprint density at radius 3 is 2.36 bits per heavy atom. The molecule has 7 nitrogen and oxygen atoms in total. The summed E-state index contributed by atoms with van der Waals surface area (Å²) < 4.78 is 5.47. The second-order valence-electron chi connectivity index (χ2n) is 8.56. The molecule has 0 bridgehead atoms. The molecule has 1 aromatic carbocycles. The Morgan fingerprint density at radius 1 is 1.04 bits per heavy atom. The first-order chi connectivity index (χ1) is 13.3. The minimum atomic E-state index is -0.456. The minimum Gasteiger partial charge on any atom is -0.444 e. The predicted octanol–water partition coefficient (Wildman–Crippen LogP) is 2.63. The van der Waals surface area contributed by atoms with E-state index in [1.54, 1.807) is 17.2 Å². The van der Waals surface area contributed by atoms with Crippen LogP contribution in [0.2, 0.25) is 0 Å². The van der Waals surface area contributed by atoms with E-state index in [0.29, 0.717) is 24.6 Å². The van der Waals surface area contributed by atoms with Crippen LogP contribution in [0.15, 0.2) is 30.3 Å². The van der Waals surface area contributed by atoms with Gasteiger partial charge in [0.25, 0.3) is 0 Å². The number of nitrogens with zero attached hydrogens (tertiary/aromatic N) is 3. The zero-order valence-corrected chi connectivity index (χ0v) is 17.1. The number of carbonyl (C=O) groups is 2. The lowest BCUT2D eigenvalue weighted by Gasteiger charge is -2.34. The average Bonchev–Trinajstić information content (AvgIpc) is 3.11. The Balaban J connectivity index is 1.38. The Morgan fingerprint density at radius 2 is 1.71 bits per heavy atom. The molecule has 0 saturated carbocycles. The van der Waals surface area contributed by atoms with E-state index in [9.17, 15) is 9.59 Å². The van der Waals surface area contributed by atoms with Gasteiger partial charge in [0.15, 0.2) is 0 Å². The van der Waals surface area contributed by atoms with Crippen molar-refractivity contribution >= 4 is 12.1 Å². The van der Waals surface area contributed by atoms with E-state index >= 15 is 0 Å². The summed E-state index contributed by atoms with van der Waals surface area (Å²) in [6.45, 7) is 11.2. The molecule has 3 rings (SSSR count). The second-order valence-corrected chi connectivity index (χ2v) is 8.56. The van der Waals surface area contributed by atoms with E-state index < -0.39 is 5.60 Å². The number of hydrogen-bond donors (Lipinski definition) is 0. The highest BCUT2D eigenvalue weighted by Crippen LogP contribution is 2.21. The maximum atomic E-state index is 12.2. The van der Waals surface area contributed by atoms with E-state index in [1.807, 2.05) is 43.9 Å². The van der Waals surface area contributed by atoms with Crippen molar-refractivity contribution in [3.63, 3.8) is 0 Å². The van der Waals surface area contributed by atoms with Crippen LogP contribution in [0.3, 0.4) is 0 Å². The number of benzene rings is 1. The molecule has 1 atom stereocenters. The molecule has 0 radical (unpaired) electrons. The van der Waals surface area contributed by atoms with Crippen molar-refractivity contribution in [2.75, 3.05) is 45.8 Å². The highest BCUT2D eigenvalue weighted by Gasteiger charge is 2.31. The lowest BCUT2D eigenvalue weighted by molar-refractivity contribution is -0.130. The molecule has 0 N–H and O–H groups in total. The van der Waals surface area contributed by atoms with E-state index in [2.05, 4.69) is 4.90 Å². The van der Waals surface area contributed by atoms with Crippen LogP contribution < -0.4 is 0 Å². The summed E-state index contributed by atoms with van der Waals surface area (Å²) in [5.74, 6) is 0.156. The smallest absolute Gasteiger partial charge is 0.410 e. The van der Waals surface area contributed by atoms with Crippen LogP contribution >= 0.6 is 0 Å². The van der Waals surface area contributed by atoms with E-state index in [-0.39, 0.29) is 12.1 Å². The van der Waals surface area contributed by atoms with Crippen LogP contribution in [0, 0.1) is 5.92 Å². The van der Waals surface area contributed by atoms with Crippen LogP contribution in [-0.4, -0.2) is 78.3 Å². The van der Waals surface area contributed by atoms with Gasteiger partial charge in [-0.25, -0.2) is 9.59 Å². The lowest BCUT2D eigenvalue weighted by Crippen LogP contribution is -2.48. The van der Waals surface area contributed by atoms with Crippen LogP contribution in [-0.2, 0) is 9.57 Å². The maximum Gasteiger partial charge on any atom is 0.410 e. The fourth-order valence-electron chi connectivity index (χ4n) is 3.59. The molecule has 7 heteroatoms. The van der Waals surface area contributed by atoms with Crippen molar-refractivity contribution in [1.29, 1.82) is 0 Å². The molecule has 154 valence electrons. The van der Waals surface area contributed by atoms with Crippen molar-refractivity contribution in [1.82, 2.24) is 14.9 Å². The molecule has 2 heterocycles. The molecule has 0 aliphatic carbocycles. The first-order valence-electron chi connectivity index (χ1n) is 10.0. The molecule has 1 amide bonds. The Kier molecular flexibility index (Phi) is 6.57. The SMILES string of the molecule is CC(C)(C)OC(=O)N1CC[C@H](CN2CCN(OC(=O)c3ccccc3)CC2)C1. The number of hydroxylamine groups is 2. The number of likely N-dealkylation sites (tertiary alicyclic amines) is 1. The molecule has 2 aliphatic rings. The molecule has 2 saturated heterocycles. The maximum absolute atomic E-state index is 12.2. The van der Waals surface area contributed by atoms with Crippen LogP contribution in [0.1, 0.15) is 37.6 Å². The third-order valence-electron chi connectivity index (χ3n) is 5.01. The van der Waals surface area contributed by atoms with Gasteiger partial charge in [0.05, 0.1) is 5.56 Å². The number of piperazine rings is 1. The highest BCUT2D eigenvalue weighted by atomic mass is 16.7. The molecule has 2 fully saturated rings. The predicted molar refractivity (Wildman–Crippen MR) is 106 cm³/mol. The average molecular weight is 389 g/mol. The summed E-state index contributed by atoms with van der Waals surface area (Å²) in [4.78, 5) is 34.0. The molecule has 28 heavy (non-hydrogen) atoms. The van der Waals surface area contributed by atoms with Crippen molar-refractivity contribution in [3.8, 4) is 0 Å². The molecule has 0 unspecified atom stereocenters. The Bertz CT molecular complexity index is 666. The van der Waals surface area contributed by atoms with Gasteiger partial charge in [-0.3, -0.25) is 0 Å². The standard InChI is InChI=1S/C21H31N3O4/c1-21(2,3)27-20(26)23-10-9-17(16-23)15-22-11-13-24(14-12-22)28-19(25)18-7-5-4-6-8-18/h4-8,17H,9-16H2,1-3H3/t17-/m1/s1.